The number of nitrogens with one attached hydrogen (secondary N) is 1. The van der Waals surface area contributed by atoms with Crippen molar-refractivity contribution in [3.8, 4) is 5.69 Å². The van der Waals surface area contributed by atoms with Gasteiger partial charge in [-0.2, -0.15) is 0 Å². The van der Waals surface area contributed by atoms with Gasteiger partial charge in [-0.3, -0.25) is 0 Å². The monoisotopic (exact) mass is 499 g/mol. The van der Waals surface area contributed by atoms with Crippen molar-refractivity contribution in [2.45, 2.75) is 38.0 Å². The average molecular weight is 500 g/mol. The molecule has 0 saturated heterocycles. The summed E-state index contributed by atoms with van der Waals surface area (Å²) in [6, 6.07) is 14.0. The van der Waals surface area contributed by atoms with E-state index in [-0.39, 0.29) is 16.2 Å². The minimum absolute atomic E-state index is 0. The minimum Gasteiger partial charge on any atom is -0.870 e. The average Bonchev–Trinajstić information content (AvgIpc) is 3.04. The fourth-order valence-electron chi connectivity index (χ4n) is 3.11. The van der Waals surface area contributed by atoms with Gasteiger partial charge >= 0.3 is 154 Å². The molecule has 0 radical (unpaired) electrons. The van der Waals surface area contributed by atoms with E-state index in [1.807, 2.05) is 20.8 Å². The SMILES string of the molecule is Cc1cc(NS(=O)(=O)c2ccc(C(C)(C)C)c(F)c2)n(-c2ccc[c-]c2/C=C\[CH]=[Ni])n1.[OH-]. The number of allylic oxidation sites excluding steroid dienone is 1. The van der Waals surface area contributed by atoms with E-state index in [1.165, 1.54) is 21.8 Å². The Hall–Kier alpha value is -2.61. The van der Waals surface area contributed by atoms with Crippen molar-refractivity contribution in [1.82, 2.24) is 9.78 Å². The van der Waals surface area contributed by atoms with Crippen molar-refractivity contribution in [3.63, 3.8) is 0 Å². The number of hydrogen-bond acceptors (Lipinski definition) is 4. The molecule has 2 N–H and O–H groups in total. The molecule has 0 spiro atoms. The Kier molecular flexibility index (Phi) is 7.94. The smallest absolute Gasteiger partial charge is 0.870 e. The van der Waals surface area contributed by atoms with Crippen LogP contribution in [0.25, 0.3) is 11.8 Å². The molecule has 3 aromatic rings. The molecule has 1 heterocycles. The fraction of sp³-hybridized carbons (Fsp3) is 0.217. The first-order chi connectivity index (χ1) is 14.5. The van der Waals surface area contributed by atoms with Gasteiger partial charge in [0.15, 0.2) is 0 Å². The van der Waals surface area contributed by atoms with Crippen molar-refractivity contribution < 1.29 is 33.3 Å². The van der Waals surface area contributed by atoms with Crippen LogP contribution in [0.2, 0.25) is 0 Å². The van der Waals surface area contributed by atoms with Gasteiger partial charge < -0.3 is 5.48 Å². The van der Waals surface area contributed by atoms with Crippen LogP contribution in [-0.4, -0.2) is 28.7 Å². The van der Waals surface area contributed by atoms with Crippen LogP contribution in [0.1, 0.15) is 37.6 Å². The third kappa shape index (κ3) is 5.60. The molecule has 0 amide bonds. The van der Waals surface area contributed by atoms with Gasteiger partial charge in [0.2, 0.25) is 0 Å². The van der Waals surface area contributed by atoms with E-state index in [0.29, 0.717) is 22.5 Å². The molecule has 0 aliphatic rings. The zero-order valence-electron chi connectivity index (χ0n) is 18.0. The summed E-state index contributed by atoms with van der Waals surface area (Å²) in [5.41, 5.74) is 1.94. The van der Waals surface area contributed by atoms with Gasteiger partial charge in [0.05, 0.1) is 0 Å². The van der Waals surface area contributed by atoms with Crippen molar-refractivity contribution in [2.75, 3.05) is 4.72 Å². The first kappa shape index (κ1) is 25.7. The number of benzene rings is 2. The summed E-state index contributed by atoms with van der Waals surface area (Å²) in [5.74, 6) is -0.330. The molecule has 6 nitrogen and oxygen atoms in total. The molecule has 0 aliphatic carbocycles. The molecule has 3 rings (SSSR count). The number of sulfonamides is 1. The number of halogens is 1. The first-order valence-electron chi connectivity index (χ1n) is 9.50. The molecule has 32 heavy (non-hydrogen) atoms. The fourth-order valence-corrected chi connectivity index (χ4v) is 4.25. The van der Waals surface area contributed by atoms with Crippen LogP contribution in [0, 0.1) is 18.8 Å². The van der Waals surface area contributed by atoms with E-state index in [9.17, 15) is 12.8 Å². The molecular formula is C23H24FN3NiO3S-2. The van der Waals surface area contributed by atoms with Crippen LogP contribution < -0.4 is 4.72 Å². The summed E-state index contributed by atoms with van der Waals surface area (Å²) in [5, 5.41) is 4.42. The maximum absolute atomic E-state index is 14.6. The summed E-state index contributed by atoms with van der Waals surface area (Å²) in [6.45, 7) is 7.36. The topological polar surface area (TPSA) is 94.0 Å². The minimum atomic E-state index is -4.05. The van der Waals surface area contributed by atoms with Gasteiger partial charge in [0.1, 0.15) is 0 Å². The normalized spacial score (nSPS) is 12.0. The van der Waals surface area contributed by atoms with Crippen LogP contribution in [0.4, 0.5) is 10.2 Å². The second-order valence-electron chi connectivity index (χ2n) is 8.01. The predicted molar refractivity (Wildman–Crippen MR) is 120 cm³/mol. The van der Waals surface area contributed by atoms with E-state index in [4.69, 9.17) is 0 Å². The number of rotatable bonds is 6. The molecular weight excluding hydrogens is 476 g/mol. The standard InChI is InChI=1S/C23H23FN3O2S.Ni.H2O/c1-6-9-17-10-7-8-11-21(17)27-22(14-16(2)25-27)26-30(28,29)18-12-13-19(20(24)15-18)23(3,4)5;;/h1,6-9,11-15,26H,2-5H3;;1H2/q-1;;/p-1/b9-6-;;. The number of aryl methyl sites for hydroxylation is 1. The Morgan fingerprint density at radius 1 is 1.22 bits per heavy atom. The molecule has 9 heteroatoms. The molecule has 2 aromatic carbocycles. The molecule has 0 saturated carbocycles. The Morgan fingerprint density at radius 3 is 2.56 bits per heavy atom. The second-order valence-corrected chi connectivity index (χ2v) is 10.0. The Balaban J connectivity index is 0.00000363. The Morgan fingerprint density at radius 2 is 1.94 bits per heavy atom. The van der Waals surface area contributed by atoms with Gasteiger partial charge in [-0.25, -0.2) is 4.39 Å². The van der Waals surface area contributed by atoms with Crippen LogP contribution in [0.3, 0.4) is 0 Å². The zero-order chi connectivity index (χ0) is 22.8. The van der Waals surface area contributed by atoms with Gasteiger partial charge in [-0.15, -0.1) is 0 Å². The zero-order valence-corrected chi connectivity index (χ0v) is 19.8. The van der Waals surface area contributed by atoms with Crippen LogP contribution in [0.15, 0.2) is 53.4 Å². The van der Waals surface area contributed by atoms with E-state index < -0.39 is 21.3 Å². The van der Waals surface area contributed by atoms with Crippen LogP contribution in [-0.2, 0) is 30.5 Å². The quantitative estimate of drug-likeness (QED) is 0.401. The van der Waals surface area contributed by atoms with Crippen LogP contribution >= 0.6 is 0 Å². The number of anilines is 1. The molecule has 0 fully saturated rings. The van der Waals surface area contributed by atoms with Crippen molar-refractivity contribution >= 4 is 26.9 Å². The van der Waals surface area contributed by atoms with E-state index >= 15 is 0 Å². The summed E-state index contributed by atoms with van der Waals surface area (Å²) < 4.78 is 44.6. The summed E-state index contributed by atoms with van der Waals surface area (Å²) >= 11 is 4.55. The number of nitrogens with zero attached hydrogens (tertiary/aromatic N) is 2. The summed E-state index contributed by atoms with van der Waals surface area (Å²) in [7, 11) is -4.05. The van der Waals surface area contributed by atoms with Crippen LogP contribution in [0.5, 0.6) is 0 Å². The molecule has 0 atom stereocenters. The number of hydrogen-bond donors (Lipinski definition) is 1. The van der Waals surface area contributed by atoms with E-state index in [2.05, 4.69) is 30.9 Å². The third-order valence-electron chi connectivity index (χ3n) is 4.55. The largest absolute Gasteiger partial charge is 0.870 e. The first-order valence-corrected chi connectivity index (χ1v) is 11.6. The molecule has 174 valence electrons. The predicted octanol–water partition coefficient (Wildman–Crippen LogP) is 4.40. The molecule has 1 aromatic heterocycles. The van der Waals surface area contributed by atoms with Gasteiger partial charge in [-0.1, -0.05) is 20.8 Å². The van der Waals surface area contributed by atoms with Crippen molar-refractivity contribution in [1.29, 1.82) is 0 Å². The maximum Gasteiger partial charge on any atom is -0.870 e. The maximum atomic E-state index is 14.6. The molecule has 0 unspecified atom stereocenters. The van der Waals surface area contributed by atoms with E-state index in [0.717, 1.165) is 6.07 Å². The van der Waals surface area contributed by atoms with Crippen molar-refractivity contribution in [3.05, 3.63) is 77.2 Å². The molecule has 0 aliphatic heterocycles. The second kappa shape index (κ2) is 9.90. The Labute approximate surface area is 195 Å². The Bertz CT molecular complexity index is 1260. The van der Waals surface area contributed by atoms with Gasteiger partial charge in [0.25, 0.3) is 0 Å². The van der Waals surface area contributed by atoms with E-state index in [1.54, 1.807) is 43.3 Å². The third-order valence-corrected chi connectivity index (χ3v) is 6.09. The molecule has 0 bridgehead atoms. The summed E-state index contributed by atoms with van der Waals surface area (Å²) in [4.78, 5) is 1.35. The van der Waals surface area contributed by atoms with Gasteiger partial charge in [0, 0.05) is 0 Å². The number of aromatic nitrogens is 2. The van der Waals surface area contributed by atoms with Crippen molar-refractivity contribution in [2.24, 2.45) is 0 Å². The summed E-state index contributed by atoms with van der Waals surface area (Å²) in [6.07, 6.45) is 3.48. The van der Waals surface area contributed by atoms with Gasteiger partial charge in [-0.05, 0) is 11.0 Å².